The van der Waals surface area contributed by atoms with Crippen molar-refractivity contribution in [2.45, 2.75) is 13.8 Å². The van der Waals surface area contributed by atoms with Gasteiger partial charge in [0.15, 0.2) is 0 Å². The molecule has 0 fully saturated rings. The number of nitrogens with one attached hydrogen (secondary N) is 1. The van der Waals surface area contributed by atoms with Crippen molar-refractivity contribution >= 4 is 40.5 Å². The molecule has 1 N–H and O–H groups in total. The Bertz CT molecular complexity index is 700. The number of halogens is 3. The largest absolute Gasteiger partial charge is 0.372 e. The molecule has 0 unspecified atom stereocenters. The minimum Gasteiger partial charge on any atom is -0.372 e. The molecule has 3 nitrogen and oxygen atoms in total. The predicted molar refractivity (Wildman–Crippen MR) is 94.4 cm³/mol. The highest BCUT2D eigenvalue weighted by Crippen LogP contribution is 2.25. The molecule has 1 amide bonds. The Hall–Kier alpha value is -1.78. The molecular formula is C17H17Cl2FN2O. The summed E-state index contributed by atoms with van der Waals surface area (Å²) in [6, 6.07) is 9.69. The van der Waals surface area contributed by atoms with Crippen molar-refractivity contribution in [1.29, 1.82) is 0 Å². The van der Waals surface area contributed by atoms with Gasteiger partial charge in [-0.25, -0.2) is 4.39 Å². The number of benzene rings is 2. The van der Waals surface area contributed by atoms with Crippen molar-refractivity contribution in [1.82, 2.24) is 0 Å². The van der Waals surface area contributed by atoms with Crippen LogP contribution < -0.4 is 10.2 Å². The van der Waals surface area contributed by atoms with Gasteiger partial charge in [-0.3, -0.25) is 4.79 Å². The fourth-order valence-corrected chi connectivity index (χ4v) is 2.71. The fourth-order valence-electron chi connectivity index (χ4n) is 2.24. The Kier molecular flexibility index (Phi) is 5.85. The molecule has 0 spiro atoms. The second kappa shape index (κ2) is 7.66. The van der Waals surface area contributed by atoms with Gasteiger partial charge in [0.2, 0.25) is 0 Å². The maximum absolute atomic E-state index is 13.5. The molecule has 0 atom stereocenters. The van der Waals surface area contributed by atoms with Gasteiger partial charge >= 0.3 is 0 Å². The number of nitrogens with zero attached hydrogens (tertiary/aromatic N) is 1. The van der Waals surface area contributed by atoms with Gasteiger partial charge in [-0.05, 0) is 50.2 Å². The van der Waals surface area contributed by atoms with E-state index in [1.165, 1.54) is 6.07 Å². The van der Waals surface area contributed by atoms with E-state index in [2.05, 4.69) is 24.1 Å². The highest BCUT2D eigenvalue weighted by molar-refractivity contribution is 6.37. The van der Waals surface area contributed by atoms with Gasteiger partial charge in [-0.2, -0.15) is 0 Å². The molecule has 122 valence electrons. The molecule has 0 saturated heterocycles. The van der Waals surface area contributed by atoms with Crippen molar-refractivity contribution in [2.24, 2.45) is 0 Å². The summed E-state index contributed by atoms with van der Waals surface area (Å²) in [6.07, 6.45) is 0. The Morgan fingerprint density at radius 2 is 1.70 bits per heavy atom. The van der Waals surface area contributed by atoms with Crippen LogP contribution in [0.15, 0.2) is 36.4 Å². The topological polar surface area (TPSA) is 32.3 Å². The molecule has 0 aliphatic heterocycles. The van der Waals surface area contributed by atoms with Crippen molar-refractivity contribution in [3.63, 3.8) is 0 Å². The van der Waals surface area contributed by atoms with E-state index in [9.17, 15) is 9.18 Å². The van der Waals surface area contributed by atoms with Gasteiger partial charge in [0.05, 0.1) is 15.6 Å². The summed E-state index contributed by atoms with van der Waals surface area (Å²) in [5.41, 5.74) is 1.72. The van der Waals surface area contributed by atoms with E-state index < -0.39 is 11.7 Å². The van der Waals surface area contributed by atoms with Crippen LogP contribution in [0, 0.1) is 5.82 Å². The normalized spacial score (nSPS) is 10.5. The Balaban J connectivity index is 2.16. The number of hydrogen-bond acceptors (Lipinski definition) is 2. The minimum atomic E-state index is -0.682. The first-order valence-electron chi connectivity index (χ1n) is 7.27. The molecular weight excluding hydrogens is 338 g/mol. The summed E-state index contributed by atoms with van der Waals surface area (Å²) in [4.78, 5) is 14.4. The molecule has 0 radical (unpaired) electrons. The lowest BCUT2D eigenvalue weighted by Gasteiger charge is -2.21. The number of carbonyl (C=O) groups excluding carboxylic acids is 1. The van der Waals surface area contributed by atoms with Gasteiger partial charge in [0.25, 0.3) is 5.91 Å². The van der Waals surface area contributed by atoms with Crippen LogP contribution in [0.1, 0.15) is 24.2 Å². The van der Waals surface area contributed by atoms with Crippen LogP contribution in [0.25, 0.3) is 0 Å². The number of hydrogen-bond donors (Lipinski definition) is 1. The average Bonchev–Trinajstić information content (AvgIpc) is 2.53. The molecule has 23 heavy (non-hydrogen) atoms. The van der Waals surface area contributed by atoms with E-state index in [0.717, 1.165) is 24.8 Å². The van der Waals surface area contributed by atoms with E-state index >= 15 is 0 Å². The summed E-state index contributed by atoms with van der Waals surface area (Å²) in [6.45, 7) is 5.97. The zero-order valence-corrected chi connectivity index (χ0v) is 14.4. The van der Waals surface area contributed by atoms with Crippen molar-refractivity contribution in [3.05, 3.63) is 57.8 Å². The first kappa shape index (κ1) is 17.6. The Morgan fingerprint density at radius 1 is 1.09 bits per heavy atom. The lowest BCUT2D eigenvalue weighted by molar-refractivity contribution is 0.102. The number of rotatable bonds is 5. The maximum atomic E-state index is 13.5. The van der Waals surface area contributed by atoms with Crippen LogP contribution in [0.4, 0.5) is 15.8 Å². The molecule has 2 rings (SSSR count). The standard InChI is InChI=1S/C17H17Cl2FN2O/c1-3-22(4-2)12-7-5-11(6-8-12)21-17(23)13-9-16(20)15(19)10-14(13)18/h5-10H,3-4H2,1-2H3,(H,21,23). The minimum absolute atomic E-state index is 0.0430. The van der Waals surface area contributed by atoms with E-state index in [1.54, 1.807) is 12.1 Å². The molecule has 0 saturated carbocycles. The molecule has 2 aromatic carbocycles. The van der Waals surface area contributed by atoms with Crippen molar-refractivity contribution < 1.29 is 9.18 Å². The summed E-state index contributed by atoms with van der Waals surface area (Å²) in [5, 5.41) is 2.69. The predicted octanol–water partition coefficient (Wildman–Crippen LogP) is 5.23. The van der Waals surface area contributed by atoms with Crippen molar-refractivity contribution in [2.75, 3.05) is 23.3 Å². The van der Waals surface area contributed by atoms with E-state index in [-0.39, 0.29) is 15.6 Å². The molecule has 0 aromatic heterocycles. The first-order valence-corrected chi connectivity index (χ1v) is 8.02. The lowest BCUT2D eigenvalue weighted by atomic mass is 10.2. The Morgan fingerprint density at radius 3 is 2.26 bits per heavy atom. The van der Waals surface area contributed by atoms with Crippen LogP contribution >= 0.6 is 23.2 Å². The highest BCUT2D eigenvalue weighted by atomic mass is 35.5. The Labute approximate surface area is 145 Å². The zero-order valence-electron chi connectivity index (χ0n) is 12.9. The SMILES string of the molecule is CCN(CC)c1ccc(NC(=O)c2cc(F)c(Cl)cc2Cl)cc1. The van der Waals surface area contributed by atoms with Crippen LogP contribution in [0.3, 0.4) is 0 Å². The average molecular weight is 355 g/mol. The highest BCUT2D eigenvalue weighted by Gasteiger charge is 2.14. The second-order valence-electron chi connectivity index (χ2n) is 4.92. The van der Waals surface area contributed by atoms with Crippen LogP contribution in [0.5, 0.6) is 0 Å². The quantitative estimate of drug-likeness (QED) is 0.745. The number of anilines is 2. The van der Waals surface area contributed by atoms with Crippen LogP contribution in [-0.2, 0) is 0 Å². The zero-order chi connectivity index (χ0) is 17.0. The number of amides is 1. The van der Waals surface area contributed by atoms with Gasteiger partial charge in [-0.1, -0.05) is 23.2 Å². The van der Waals surface area contributed by atoms with E-state index in [1.807, 2.05) is 12.1 Å². The first-order chi connectivity index (χ1) is 11.0. The van der Waals surface area contributed by atoms with Gasteiger partial charge in [-0.15, -0.1) is 0 Å². The fraction of sp³-hybridized carbons (Fsp3) is 0.235. The third kappa shape index (κ3) is 4.15. The van der Waals surface area contributed by atoms with Gasteiger partial charge in [0.1, 0.15) is 5.82 Å². The molecule has 0 aliphatic rings. The second-order valence-corrected chi connectivity index (χ2v) is 5.73. The summed E-state index contributed by atoms with van der Waals surface area (Å²) < 4.78 is 13.5. The molecule has 6 heteroatoms. The molecule has 2 aromatic rings. The smallest absolute Gasteiger partial charge is 0.257 e. The third-order valence-corrected chi connectivity index (χ3v) is 4.11. The van der Waals surface area contributed by atoms with E-state index in [4.69, 9.17) is 23.2 Å². The molecule has 0 heterocycles. The monoisotopic (exact) mass is 354 g/mol. The van der Waals surface area contributed by atoms with Crippen LogP contribution in [0.2, 0.25) is 10.0 Å². The summed E-state index contributed by atoms with van der Waals surface area (Å²) in [7, 11) is 0. The molecule has 0 bridgehead atoms. The molecule has 0 aliphatic carbocycles. The summed E-state index contributed by atoms with van der Waals surface area (Å²) in [5.74, 6) is -1.17. The lowest BCUT2D eigenvalue weighted by Crippen LogP contribution is -2.21. The maximum Gasteiger partial charge on any atom is 0.257 e. The number of carbonyl (C=O) groups is 1. The third-order valence-electron chi connectivity index (χ3n) is 3.51. The van der Waals surface area contributed by atoms with Crippen LogP contribution in [-0.4, -0.2) is 19.0 Å². The van der Waals surface area contributed by atoms with E-state index in [0.29, 0.717) is 5.69 Å². The van der Waals surface area contributed by atoms with Crippen molar-refractivity contribution in [3.8, 4) is 0 Å². The summed E-state index contributed by atoms with van der Waals surface area (Å²) >= 11 is 11.6. The van der Waals surface area contributed by atoms with Gasteiger partial charge in [0, 0.05) is 24.5 Å². The van der Waals surface area contributed by atoms with Gasteiger partial charge < -0.3 is 10.2 Å².